The van der Waals surface area contributed by atoms with E-state index in [1.807, 2.05) is 6.92 Å². The van der Waals surface area contributed by atoms with Crippen molar-refractivity contribution in [2.24, 2.45) is 0 Å². The summed E-state index contributed by atoms with van der Waals surface area (Å²) < 4.78 is 39.0. The smallest absolute Gasteiger partial charge is 0.319 e. The molecular formula is C19H15ClF3N3O. The Morgan fingerprint density at radius 3 is 2.59 bits per heavy atom. The van der Waals surface area contributed by atoms with E-state index in [1.54, 1.807) is 18.2 Å². The van der Waals surface area contributed by atoms with E-state index in [0.717, 1.165) is 12.1 Å². The first-order valence-electron chi connectivity index (χ1n) is 8.11. The fourth-order valence-electron chi connectivity index (χ4n) is 2.64. The number of alkyl halides is 3. The number of aromatic nitrogens is 2. The van der Waals surface area contributed by atoms with Crippen LogP contribution in [-0.4, -0.2) is 16.1 Å². The van der Waals surface area contributed by atoms with Crippen molar-refractivity contribution < 1.29 is 18.0 Å². The molecule has 0 radical (unpaired) electrons. The maximum absolute atomic E-state index is 13.0. The molecule has 8 heteroatoms. The fourth-order valence-corrected chi connectivity index (χ4v) is 2.83. The number of carbonyl (C=O) groups is 1. The summed E-state index contributed by atoms with van der Waals surface area (Å²) in [5.74, 6) is -0.429. The molecule has 2 N–H and O–H groups in total. The Hall–Kier alpha value is -2.80. The number of hydrogen-bond donors (Lipinski definition) is 2. The van der Waals surface area contributed by atoms with E-state index in [4.69, 9.17) is 11.6 Å². The van der Waals surface area contributed by atoms with Crippen molar-refractivity contribution in [2.45, 2.75) is 19.5 Å². The molecule has 4 nitrogen and oxygen atoms in total. The first-order valence-corrected chi connectivity index (χ1v) is 8.49. The summed E-state index contributed by atoms with van der Waals surface area (Å²) in [6, 6.07) is 11.2. The first-order chi connectivity index (χ1) is 12.8. The Labute approximate surface area is 158 Å². The molecule has 0 spiro atoms. The van der Waals surface area contributed by atoms with Gasteiger partial charge in [-0.1, -0.05) is 36.7 Å². The largest absolute Gasteiger partial charge is 0.416 e. The first kappa shape index (κ1) is 19.0. The van der Waals surface area contributed by atoms with Crippen LogP contribution in [0.25, 0.3) is 11.3 Å². The maximum Gasteiger partial charge on any atom is 0.416 e. The molecule has 0 bridgehead atoms. The molecule has 27 heavy (non-hydrogen) atoms. The standard InChI is InChI=1S/C19H15ClF3N3O/c1-2-15-17(24-18(27)12-6-4-8-14(20)10-12)16(26-25-15)11-5-3-7-13(9-11)19(21,22)23/h3-10H,2H2,1H3,(H,24,27)(H,25,26). The van der Waals surface area contributed by atoms with Crippen LogP contribution >= 0.6 is 11.6 Å². The molecule has 3 aromatic rings. The normalized spacial score (nSPS) is 11.4. The van der Waals surface area contributed by atoms with Gasteiger partial charge in [-0.15, -0.1) is 0 Å². The monoisotopic (exact) mass is 393 g/mol. The molecule has 0 saturated carbocycles. The third-order valence-electron chi connectivity index (χ3n) is 3.98. The number of amides is 1. The van der Waals surface area contributed by atoms with Gasteiger partial charge in [0.2, 0.25) is 0 Å². The quantitative estimate of drug-likeness (QED) is 0.609. The van der Waals surface area contributed by atoms with Crippen LogP contribution in [0.4, 0.5) is 18.9 Å². The number of carbonyl (C=O) groups excluding carboxylic acids is 1. The molecule has 1 heterocycles. The van der Waals surface area contributed by atoms with Crippen LogP contribution in [0.1, 0.15) is 28.5 Å². The zero-order valence-electron chi connectivity index (χ0n) is 14.2. The average molecular weight is 394 g/mol. The van der Waals surface area contributed by atoms with E-state index in [1.165, 1.54) is 18.2 Å². The topological polar surface area (TPSA) is 57.8 Å². The number of benzene rings is 2. The number of H-pyrrole nitrogens is 1. The average Bonchev–Trinajstić information content (AvgIpc) is 3.03. The highest BCUT2D eigenvalue weighted by atomic mass is 35.5. The molecule has 3 rings (SSSR count). The Bertz CT molecular complexity index is 982. The number of hydrogen-bond acceptors (Lipinski definition) is 2. The van der Waals surface area contributed by atoms with Gasteiger partial charge in [0.05, 0.1) is 16.9 Å². The second-order valence-electron chi connectivity index (χ2n) is 5.82. The minimum absolute atomic E-state index is 0.244. The van der Waals surface area contributed by atoms with Gasteiger partial charge in [-0.2, -0.15) is 18.3 Å². The van der Waals surface area contributed by atoms with Crippen LogP contribution in [-0.2, 0) is 12.6 Å². The summed E-state index contributed by atoms with van der Waals surface area (Å²) >= 11 is 5.91. The van der Waals surface area contributed by atoms with Gasteiger partial charge < -0.3 is 5.32 Å². The van der Waals surface area contributed by atoms with Crippen molar-refractivity contribution >= 4 is 23.2 Å². The fraction of sp³-hybridized carbons (Fsp3) is 0.158. The number of aryl methyl sites for hydroxylation is 1. The minimum atomic E-state index is -4.47. The van der Waals surface area contributed by atoms with Crippen LogP contribution in [0.2, 0.25) is 5.02 Å². The molecule has 0 unspecified atom stereocenters. The van der Waals surface area contributed by atoms with Crippen molar-refractivity contribution in [1.82, 2.24) is 10.2 Å². The van der Waals surface area contributed by atoms with Crippen molar-refractivity contribution in [3.8, 4) is 11.3 Å². The SMILES string of the molecule is CCc1[nH]nc(-c2cccc(C(F)(F)F)c2)c1NC(=O)c1cccc(Cl)c1. The Morgan fingerprint density at radius 1 is 1.19 bits per heavy atom. The Kier molecular flexibility index (Phi) is 5.23. The Balaban J connectivity index is 2.00. The van der Waals surface area contributed by atoms with Gasteiger partial charge in [0.1, 0.15) is 5.69 Å². The van der Waals surface area contributed by atoms with E-state index in [-0.39, 0.29) is 11.3 Å². The van der Waals surface area contributed by atoms with Gasteiger partial charge in [0, 0.05) is 16.1 Å². The third-order valence-corrected chi connectivity index (χ3v) is 4.22. The second-order valence-corrected chi connectivity index (χ2v) is 6.26. The molecule has 0 fully saturated rings. The minimum Gasteiger partial charge on any atom is -0.319 e. The van der Waals surface area contributed by atoms with Crippen molar-refractivity contribution in [2.75, 3.05) is 5.32 Å². The number of halogens is 4. The Morgan fingerprint density at radius 2 is 1.93 bits per heavy atom. The lowest BCUT2D eigenvalue weighted by Gasteiger charge is -2.10. The molecule has 1 aromatic heterocycles. The highest BCUT2D eigenvalue weighted by Gasteiger charge is 2.31. The van der Waals surface area contributed by atoms with Crippen LogP contribution in [0.3, 0.4) is 0 Å². The number of nitrogens with one attached hydrogen (secondary N) is 2. The molecule has 0 saturated heterocycles. The lowest BCUT2D eigenvalue weighted by atomic mass is 10.1. The van der Waals surface area contributed by atoms with Gasteiger partial charge >= 0.3 is 6.18 Å². The van der Waals surface area contributed by atoms with Crippen molar-refractivity contribution in [3.63, 3.8) is 0 Å². The number of rotatable bonds is 4. The zero-order valence-corrected chi connectivity index (χ0v) is 14.9. The lowest BCUT2D eigenvalue weighted by Crippen LogP contribution is -2.13. The third kappa shape index (κ3) is 4.14. The van der Waals surface area contributed by atoms with Crippen molar-refractivity contribution in [3.05, 3.63) is 70.4 Å². The van der Waals surface area contributed by atoms with Crippen LogP contribution in [0, 0.1) is 0 Å². The number of anilines is 1. The molecule has 1 amide bonds. The van der Waals surface area contributed by atoms with Crippen LogP contribution in [0.5, 0.6) is 0 Å². The molecule has 140 valence electrons. The van der Waals surface area contributed by atoms with Gasteiger partial charge in [-0.05, 0) is 36.8 Å². The summed E-state index contributed by atoms with van der Waals surface area (Å²) in [7, 11) is 0. The summed E-state index contributed by atoms with van der Waals surface area (Å²) in [4.78, 5) is 12.6. The van der Waals surface area contributed by atoms with Crippen molar-refractivity contribution in [1.29, 1.82) is 0 Å². The summed E-state index contributed by atoms with van der Waals surface area (Å²) in [6.45, 7) is 1.85. The molecule has 0 atom stereocenters. The molecule has 0 aliphatic heterocycles. The van der Waals surface area contributed by atoms with Gasteiger partial charge in [-0.3, -0.25) is 9.89 Å². The lowest BCUT2D eigenvalue weighted by molar-refractivity contribution is -0.137. The van der Waals surface area contributed by atoms with E-state index in [2.05, 4.69) is 15.5 Å². The second kappa shape index (κ2) is 7.44. The van der Waals surface area contributed by atoms with E-state index < -0.39 is 17.6 Å². The zero-order chi connectivity index (χ0) is 19.6. The highest BCUT2D eigenvalue weighted by molar-refractivity contribution is 6.31. The predicted molar refractivity (Wildman–Crippen MR) is 97.8 cm³/mol. The summed E-state index contributed by atoms with van der Waals surface area (Å²) in [5, 5.41) is 10.0. The predicted octanol–water partition coefficient (Wildman–Crippen LogP) is 5.56. The number of aromatic amines is 1. The maximum atomic E-state index is 13.0. The van der Waals surface area contributed by atoms with Gasteiger partial charge in [0.15, 0.2) is 0 Å². The molecule has 2 aromatic carbocycles. The van der Waals surface area contributed by atoms with E-state index in [0.29, 0.717) is 28.4 Å². The van der Waals surface area contributed by atoms with Gasteiger partial charge in [-0.25, -0.2) is 0 Å². The van der Waals surface area contributed by atoms with Crippen LogP contribution < -0.4 is 5.32 Å². The summed E-state index contributed by atoms with van der Waals surface area (Å²) in [5.41, 5.74) is 1.00. The summed E-state index contributed by atoms with van der Waals surface area (Å²) in [6.07, 6.45) is -3.96. The van der Waals surface area contributed by atoms with Gasteiger partial charge in [0.25, 0.3) is 5.91 Å². The molecule has 0 aliphatic carbocycles. The molecular weight excluding hydrogens is 379 g/mol. The number of nitrogens with zero attached hydrogens (tertiary/aromatic N) is 1. The van der Waals surface area contributed by atoms with Crippen LogP contribution in [0.15, 0.2) is 48.5 Å². The molecule has 0 aliphatic rings. The van der Waals surface area contributed by atoms with E-state index >= 15 is 0 Å². The van der Waals surface area contributed by atoms with E-state index in [9.17, 15) is 18.0 Å². The highest BCUT2D eigenvalue weighted by Crippen LogP contribution is 2.35.